The number of hydrogen-bond donors (Lipinski definition) is 1. The molecule has 0 saturated heterocycles. The van der Waals surface area contributed by atoms with E-state index < -0.39 is 0 Å². The van der Waals surface area contributed by atoms with Crippen LogP contribution in [0.1, 0.15) is 18.5 Å². The molecular formula is C8H12BN. The van der Waals surface area contributed by atoms with Gasteiger partial charge in [0.25, 0.3) is 0 Å². The fourth-order valence-electron chi connectivity index (χ4n) is 0.953. The zero-order chi connectivity index (χ0) is 7.56. The maximum Gasteiger partial charge on any atom is 0.139 e. The first-order valence-corrected chi connectivity index (χ1v) is 3.52. The summed E-state index contributed by atoms with van der Waals surface area (Å²) >= 11 is 0. The summed E-state index contributed by atoms with van der Waals surface area (Å²) in [7, 11) is 2.08. The van der Waals surface area contributed by atoms with Crippen molar-refractivity contribution in [1.29, 1.82) is 0 Å². The Morgan fingerprint density at radius 1 is 1.50 bits per heavy atom. The maximum absolute atomic E-state index is 5.68. The summed E-state index contributed by atoms with van der Waals surface area (Å²) in [4.78, 5) is 0. The SMILES string of the molecule is Bc1cccc(C(C)N)c1. The minimum atomic E-state index is 0.153. The molecule has 1 unspecified atom stereocenters. The van der Waals surface area contributed by atoms with Crippen molar-refractivity contribution < 1.29 is 0 Å². The average molecular weight is 133 g/mol. The summed E-state index contributed by atoms with van der Waals surface area (Å²) in [6, 6.07) is 8.43. The second-order valence-corrected chi connectivity index (χ2v) is 2.70. The van der Waals surface area contributed by atoms with Crippen LogP contribution in [-0.4, -0.2) is 7.85 Å². The Kier molecular flexibility index (Phi) is 2.12. The van der Waals surface area contributed by atoms with Gasteiger partial charge in [0.2, 0.25) is 0 Å². The van der Waals surface area contributed by atoms with Crippen LogP contribution in [0.4, 0.5) is 0 Å². The predicted octanol–water partition coefficient (Wildman–Crippen LogP) is -0.0353. The van der Waals surface area contributed by atoms with Crippen LogP contribution in [0.5, 0.6) is 0 Å². The lowest BCUT2D eigenvalue weighted by molar-refractivity contribution is 0.819. The van der Waals surface area contributed by atoms with Gasteiger partial charge in [-0.2, -0.15) is 0 Å². The third-order valence-corrected chi connectivity index (χ3v) is 1.57. The topological polar surface area (TPSA) is 26.0 Å². The van der Waals surface area contributed by atoms with Crippen molar-refractivity contribution in [1.82, 2.24) is 0 Å². The van der Waals surface area contributed by atoms with Gasteiger partial charge in [0, 0.05) is 6.04 Å². The minimum Gasteiger partial charge on any atom is -0.324 e. The summed E-state index contributed by atoms with van der Waals surface area (Å²) in [6.07, 6.45) is 0. The highest BCUT2D eigenvalue weighted by Crippen LogP contribution is 2.05. The number of rotatable bonds is 1. The molecule has 0 spiro atoms. The molecule has 0 bridgehead atoms. The van der Waals surface area contributed by atoms with E-state index in [2.05, 4.69) is 26.0 Å². The largest absolute Gasteiger partial charge is 0.324 e. The molecule has 0 aliphatic heterocycles. The van der Waals surface area contributed by atoms with Crippen molar-refractivity contribution in [3.63, 3.8) is 0 Å². The van der Waals surface area contributed by atoms with Gasteiger partial charge in [-0.3, -0.25) is 0 Å². The van der Waals surface area contributed by atoms with Crippen molar-refractivity contribution >= 4 is 13.3 Å². The summed E-state index contributed by atoms with van der Waals surface area (Å²) < 4.78 is 0. The van der Waals surface area contributed by atoms with E-state index in [1.807, 2.05) is 13.0 Å². The van der Waals surface area contributed by atoms with Gasteiger partial charge < -0.3 is 5.73 Å². The first-order valence-electron chi connectivity index (χ1n) is 3.52. The van der Waals surface area contributed by atoms with E-state index in [-0.39, 0.29) is 6.04 Å². The van der Waals surface area contributed by atoms with Gasteiger partial charge in [-0.15, -0.1) is 0 Å². The first-order chi connectivity index (χ1) is 4.70. The molecule has 0 heterocycles. The van der Waals surface area contributed by atoms with Crippen LogP contribution < -0.4 is 11.2 Å². The van der Waals surface area contributed by atoms with Gasteiger partial charge in [0.15, 0.2) is 0 Å². The Morgan fingerprint density at radius 2 is 2.20 bits per heavy atom. The molecule has 10 heavy (non-hydrogen) atoms. The quantitative estimate of drug-likeness (QED) is 0.534. The maximum atomic E-state index is 5.68. The number of benzene rings is 1. The molecule has 0 aliphatic carbocycles. The lowest BCUT2D eigenvalue weighted by Crippen LogP contribution is -2.09. The van der Waals surface area contributed by atoms with Crippen molar-refractivity contribution in [3.8, 4) is 0 Å². The number of hydrogen-bond acceptors (Lipinski definition) is 1. The van der Waals surface area contributed by atoms with E-state index in [1.165, 1.54) is 11.0 Å². The normalized spacial score (nSPS) is 13.0. The smallest absolute Gasteiger partial charge is 0.139 e. The fourth-order valence-corrected chi connectivity index (χ4v) is 0.953. The molecular weight excluding hydrogens is 121 g/mol. The molecule has 1 nitrogen and oxygen atoms in total. The molecule has 0 amide bonds. The van der Waals surface area contributed by atoms with E-state index in [4.69, 9.17) is 5.73 Å². The van der Waals surface area contributed by atoms with Gasteiger partial charge in [-0.1, -0.05) is 29.7 Å². The Labute approximate surface area is 62.7 Å². The molecule has 1 aromatic rings. The van der Waals surface area contributed by atoms with Crippen LogP contribution in [0.2, 0.25) is 0 Å². The van der Waals surface area contributed by atoms with Crippen LogP contribution in [0, 0.1) is 0 Å². The van der Waals surface area contributed by atoms with Gasteiger partial charge in [-0.05, 0) is 12.5 Å². The van der Waals surface area contributed by atoms with E-state index in [0.29, 0.717) is 0 Å². The first kappa shape index (κ1) is 7.35. The Hall–Kier alpha value is -0.755. The van der Waals surface area contributed by atoms with Crippen LogP contribution in [-0.2, 0) is 0 Å². The molecule has 1 aromatic carbocycles. The third kappa shape index (κ3) is 1.61. The monoisotopic (exact) mass is 133 g/mol. The second-order valence-electron chi connectivity index (χ2n) is 2.70. The molecule has 52 valence electrons. The molecule has 0 aliphatic rings. The van der Waals surface area contributed by atoms with Gasteiger partial charge in [0.05, 0.1) is 0 Å². The Bertz CT molecular complexity index is 220. The molecule has 0 fully saturated rings. The van der Waals surface area contributed by atoms with E-state index in [9.17, 15) is 0 Å². The van der Waals surface area contributed by atoms with E-state index in [1.54, 1.807) is 0 Å². The molecule has 1 atom stereocenters. The van der Waals surface area contributed by atoms with Crippen molar-refractivity contribution in [2.75, 3.05) is 0 Å². The van der Waals surface area contributed by atoms with E-state index in [0.717, 1.165) is 0 Å². The molecule has 0 radical (unpaired) electrons. The summed E-state index contributed by atoms with van der Waals surface area (Å²) in [5, 5.41) is 0. The fraction of sp³-hybridized carbons (Fsp3) is 0.250. The highest BCUT2D eigenvalue weighted by atomic mass is 14.6. The zero-order valence-electron chi connectivity index (χ0n) is 6.46. The van der Waals surface area contributed by atoms with Gasteiger partial charge in [0.1, 0.15) is 7.85 Å². The standard InChI is InChI=1S/C8H12BN/c1-6(10)7-3-2-4-8(9)5-7/h2-6H,9-10H2,1H3. The van der Waals surface area contributed by atoms with Crippen molar-refractivity contribution in [2.24, 2.45) is 5.73 Å². The lowest BCUT2D eigenvalue weighted by atomic mass is 9.93. The van der Waals surface area contributed by atoms with E-state index >= 15 is 0 Å². The second kappa shape index (κ2) is 2.89. The van der Waals surface area contributed by atoms with Crippen molar-refractivity contribution in [3.05, 3.63) is 29.8 Å². The molecule has 0 saturated carbocycles. The number of nitrogens with two attached hydrogens (primary N) is 1. The van der Waals surface area contributed by atoms with Crippen LogP contribution >= 0.6 is 0 Å². The van der Waals surface area contributed by atoms with Crippen LogP contribution in [0.3, 0.4) is 0 Å². The summed E-state index contributed by atoms with van der Waals surface area (Å²) in [5.74, 6) is 0. The Balaban J connectivity index is 2.96. The highest BCUT2D eigenvalue weighted by molar-refractivity contribution is 6.32. The van der Waals surface area contributed by atoms with Gasteiger partial charge >= 0.3 is 0 Å². The summed E-state index contributed by atoms with van der Waals surface area (Å²) in [6.45, 7) is 1.99. The van der Waals surface area contributed by atoms with Crippen LogP contribution in [0.15, 0.2) is 24.3 Å². The van der Waals surface area contributed by atoms with Crippen molar-refractivity contribution in [2.45, 2.75) is 13.0 Å². The molecule has 1 rings (SSSR count). The third-order valence-electron chi connectivity index (χ3n) is 1.57. The highest BCUT2D eigenvalue weighted by Gasteiger charge is 1.96. The molecule has 2 heteroatoms. The lowest BCUT2D eigenvalue weighted by Gasteiger charge is -2.04. The van der Waals surface area contributed by atoms with Crippen LogP contribution in [0.25, 0.3) is 0 Å². The van der Waals surface area contributed by atoms with Gasteiger partial charge in [-0.25, -0.2) is 0 Å². The molecule has 0 aromatic heterocycles. The minimum absolute atomic E-state index is 0.153. The Morgan fingerprint density at radius 3 is 2.60 bits per heavy atom. The molecule has 2 N–H and O–H groups in total. The summed E-state index contributed by atoms with van der Waals surface area (Å²) in [5.41, 5.74) is 8.16. The zero-order valence-corrected chi connectivity index (χ0v) is 6.46. The predicted molar refractivity (Wildman–Crippen MR) is 47.2 cm³/mol. The average Bonchev–Trinajstić information content (AvgIpc) is 1.88.